The fourth-order valence-corrected chi connectivity index (χ4v) is 2.50. The minimum Gasteiger partial charge on any atom is -0.497 e. The number of carboxylic acid groups (broad SMARTS) is 1. The molecular weight excluding hydrogens is 308 g/mol. The average Bonchev–Trinajstić information content (AvgIpc) is 2.57. The van der Waals surface area contributed by atoms with Crippen LogP contribution < -0.4 is 10.1 Å². The van der Waals surface area contributed by atoms with E-state index in [-0.39, 0.29) is 5.92 Å². The zero-order chi connectivity index (χ0) is 17.9. The van der Waals surface area contributed by atoms with Crippen LogP contribution in [0.3, 0.4) is 0 Å². The van der Waals surface area contributed by atoms with E-state index in [9.17, 15) is 14.7 Å². The molecule has 0 saturated heterocycles. The molecule has 1 aromatic heterocycles. The molecule has 1 heterocycles. The Hall–Kier alpha value is -2.63. The first kappa shape index (κ1) is 17.7. The maximum Gasteiger partial charge on any atom is 0.326 e. The first-order valence-electron chi connectivity index (χ1n) is 7.86. The van der Waals surface area contributed by atoms with E-state index in [0.717, 1.165) is 10.9 Å². The lowest BCUT2D eigenvalue weighted by atomic mass is 9.98. The Labute approximate surface area is 140 Å². The van der Waals surface area contributed by atoms with E-state index in [1.54, 1.807) is 39.2 Å². The lowest BCUT2D eigenvalue weighted by Crippen LogP contribution is -2.45. The van der Waals surface area contributed by atoms with E-state index in [1.807, 2.05) is 13.0 Å². The van der Waals surface area contributed by atoms with Crippen LogP contribution in [0.5, 0.6) is 5.75 Å². The zero-order valence-electron chi connectivity index (χ0n) is 14.3. The third-order valence-electron chi connectivity index (χ3n) is 4.23. The largest absolute Gasteiger partial charge is 0.497 e. The number of methoxy groups -OCH3 is 1. The summed E-state index contributed by atoms with van der Waals surface area (Å²) in [5, 5.41) is 12.7. The molecular formula is C18H22N2O4. The standard InChI is InChI=1S/C18H22N2O4/c1-5-10(2)16(18(22)23)20-17(21)14-8-12-6-7-13(24-4)9-15(12)19-11(14)3/h6-10,16H,5H2,1-4H3,(H,20,21)(H,22,23). The Morgan fingerprint density at radius 1 is 1.33 bits per heavy atom. The number of amides is 1. The molecule has 0 bridgehead atoms. The van der Waals surface area contributed by atoms with Crippen LogP contribution in [0, 0.1) is 12.8 Å². The van der Waals surface area contributed by atoms with Gasteiger partial charge in [0.25, 0.3) is 5.91 Å². The van der Waals surface area contributed by atoms with E-state index >= 15 is 0 Å². The molecule has 1 amide bonds. The molecule has 24 heavy (non-hydrogen) atoms. The van der Waals surface area contributed by atoms with E-state index in [0.29, 0.717) is 23.4 Å². The second-order valence-electron chi connectivity index (χ2n) is 5.85. The van der Waals surface area contributed by atoms with Gasteiger partial charge in [0.15, 0.2) is 0 Å². The molecule has 0 radical (unpaired) electrons. The number of aliphatic carboxylic acids is 1. The molecule has 0 aliphatic rings. The van der Waals surface area contributed by atoms with Gasteiger partial charge in [-0.25, -0.2) is 4.79 Å². The van der Waals surface area contributed by atoms with Gasteiger partial charge in [-0.2, -0.15) is 0 Å². The van der Waals surface area contributed by atoms with E-state index in [4.69, 9.17) is 4.74 Å². The summed E-state index contributed by atoms with van der Waals surface area (Å²) in [4.78, 5) is 28.4. The molecule has 128 valence electrons. The molecule has 1 aromatic carbocycles. The summed E-state index contributed by atoms with van der Waals surface area (Å²) in [6.45, 7) is 5.42. The number of carbonyl (C=O) groups excluding carboxylic acids is 1. The van der Waals surface area contributed by atoms with E-state index < -0.39 is 17.9 Å². The fourth-order valence-electron chi connectivity index (χ4n) is 2.50. The van der Waals surface area contributed by atoms with Gasteiger partial charge in [-0.05, 0) is 31.0 Å². The average molecular weight is 330 g/mol. The Bertz CT molecular complexity index is 773. The van der Waals surface area contributed by atoms with Gasteiger partial charge in [-0.1, -0.05) is 20.3 Å². The van der Waals surface area contributed by atoms with Crippen LogP contribution in [-0.2, 0) is 4.79 Å². The summed E-state index contributed by atoms with van der Waals surface area (Å²) in [5.74, 6) is -0.932. The van der Waals surface area contributed by atoms with Crippen LogP contribution in [0.15, 0.2) is 24.3 Å². The van der Waals surface area contributed by atoms with Crippen molar-refractivity contribution in [3.63, 3.8) is 0 Å². The summed E-state index contributed by atoms with van der Waals surface area (Å²) in [5.41, 5.74) is 1.64. The van der Waals surface area contributed by atoms with Crippen molar-refractivity contribution in [3.8, 4) is 5.75 Å². The number of hydrogen-bond acceptors (Lipinski definition) is 4. The van der Waals surface area contributed by atoms with Crippen molar-refractivity contribution in [3.05, 3.63) is 35.5 Å². The van der Waals surface area contributed by atoms with Gasteiger partial charge in [-0.3, -0.25) is 9.78 Å². The first-order valence-corrected chi connectivity index (χ1v) is 7.86. The predicted molar refractivity (Wildman–Crippen MR) is 91.4 cm³/mol. The highest BCUT2D eigenvalue weighted by atomic mass is 16.5. The molecule has 2 unspecified atom stereocenters. The number of benzene rings is 1. The minimum absolute atomic E-state index is 0.163. The normalized spacial score (nSPS) is 13.3. The van der Waals surface area contributed by atoms with Crippen molar-refractivity contribution >= 4 is 22.8 Å². The number of pyridine rings is 1. The summed E-state index contributed by atoms with van der Waals surface area (Å²) >= 11 is 0. The Morgan fingerprint density at radius 2 is 2.04 bits per heavy atom. The molecule has 0 saturated carbocycles. The molecule has 6 heteroatoms. The number of carboxylic acids is 1. The Kier molecular flexibility index (Phi) is 5.39. The number of ether oxygens (including phenoxy) is 1. The number of aryl methyl sites for hydroxylation is 1. The Morgan fingerprint density at radius 3 is 2.62 bits per heavy atom. The second kappa shape index (κ2) is 7.29. The van der Waals surface area contributed by atoms with Crippen LogP contribution in [-0.4, -0.2) is 35.1 Å². The predicted octanol–water partition coefficient (Wildman–Crippen LogP) is 2.78. The van der Waals surface area contributed by atoms with Gasteiger partial charge in [0.05, 0.1) is 23.9 Å². The number of nitrogens with zero attached hydrogens (tertiary/aromatic N) is 1. The molecule has 0 aliphatic heterocycles. The molecule has 2 rings (SSSR count). The summed E-state index contributed by atoms with van der Waals surface area (Å²) < 4.78 is 5.17. The number of carbonyl (C=O) groups is 2. The maximum atomic E-state index is 12.5. The van der Waals surface area contributed by atoms with Crippen LogP contribution in [0.25, 0.3) is 10.9 Å². The molecule has 2 N–H and O–H groups in total. The molecule has 0 fully saturated rings. The summed E-state index contributed by atoms with van der Waals surface area (Å²) in [7, 11) is 1.58. The highest BCUT2D eigenvalue weighted by Gasteiger charge is 2.26. The van der Waals surface area contributed by atoms with Crippen molar-refractivity contribution in [1.82, 2.24) is 10.3 Å². The van der Waals surface area contributed by atoms with Crippen molar-refractivity contribution < 1.29 is 19.4 Å². The fraction of sp³-hybridized carbons (Fsp3) is 0.389. The summed E-state index contributed by atoms with van der Waals surface area (Å²) in [6, 6.07) is 6.21. The molecule has 0 aliphatic carbocycles. The number of fused-ring (bicyclic) bond motifs is 1. The van der Waals surface area contributed by atoms with Gasteiger partial charge in [0.2, 0.25) is 0 Å². The topological polar surface area (TPSA) is 88.5 Å². The zero-order valence-corrected chi connectivity index (χ0v) is 14.3. The molecule has 2 atom stereocenters. The smallest absolute Gasteiger partial charge is 0.326 e. The van der Waals surface area contributed by atoms with E-state index in [2.05, 4.69) is 10.3 Å². The SMILES string of the molecule is CCC(C)C(NC(=O)c1cc2ccc(OC)cc2nc1C)C(=O)O. The third kappa shape index (κ3) is 3.64. The minimum atomic E-state index is -1.03. The van der Waals surface area contributed by atoms with Crippen LogP contribution in [0.2, 0.25) is 0 Å². The van der Waals surface area contributed by atoms with Gasteiger partial charge < -0.3 is 15.2 Å². The van der Waals surface area contributed by atoms with Gasteiger partial charge in [0.1, 0.15) is 11.8 Å². The van der Waals surface area contributed by atoms with Crippen molar-refractivity contribution in [2.45, 2.75) is 33.2 Å². The maximum absolute atomic E-state index is 12.5. The lowest BCUT2D eigenvalue weighted by Gasteiger charge is -2.20. The first-order chi connectivity index (χ1) is 11.4. The van der Waals surface area contributed by atoms with Gasteiger partial charge >= 0.3 is 5.97 Å². The van der Waals surface area contributed by atoms with Crippen LogP contribution in [0.4, 0.5) is 0 Å². The van der Waals surface area contributed by atoms with Crippen LogP contribution >= 0.6 is 0 Å². The van der Waals surface area contributed by atoms with Gasteiger partial charge in [-0.15, -0.1) is 0 Å². The number of nitrogens with one attached hydrogen (secondary N) is 1. The quantitative estimate of drug-likeness (QED) is 0.850. The van der Waals surface area contributed by atoms with Crippen molar-refractivity contribution in [1.29, 1.82) is 0 Å². The van der Waals surface area contributed by atoms with Crippen molar-refractivity contribution in [2.24, 2.45) is 5.92 Å². The highest BCUT2D eigenvalue weighted by molar-refractivity contribution is 6.00. The summed E-state index contributed by atoms with van der Waals surface area (Å²) in [6.07, 6.45) is 0.659. The molecule has 2 aromatic rings. The third-order valence-corrected chi connectivity index (χ3v) is 4.23. The monoisotopic (exact) mass is 330 g/mol. The lowest BCUT2D eigenvalue weighted by molar-refractivity contribution is -0.140. The molecule has 6 nitrogen and oxygen atoms in total. The van der Waals surface area contributed by atoms with Crippen LogP contribution in [0.1, 0.15) is 36.3 Å². The highest BCUT2D eigenvalue weighted by Crippen LogP contribution is 2.22. The van der Waals surface area contributed by atoms with Gasteiger partial charge in [0, 0.05) is 11.5 Å². The van der Waals surface area contributed by atoms with E-state index in [1.165, 1.54) is 0 Å². The number of hydrogen-bond donors (Lipinski definition) is 2. The van der Waals surface area contributed by atoms with Crippen molar-refractivity contribution in [2.75, 3.05) is 7.11 Å². The molecule has 0 spiro atoms. The number of rotatable bonds is 6. The number of aromatic nitrogens is 1. The second-order valence-corrected chi connectivity index (χ2v) is 5.85. The Balaban J connectivity index is 2.35.